The van der Waals surface area contributed by atoms with Crippen molar-refractivity contribution < 1.29 is 14.3 Å². The predicted molar refractivity (Wildman–Crippen MR) is 95.7 cm³/mol. The quantitative estimate of drug-likeness (QED) is 0.770. The van der Waals surface area contributed by atoms with Crippen LogP contribution in [-0.4, -0.2) is 17.9 Å². The van der Waals surface area contributed by atoms with Crippen LogP contribution in [0.3, 0.4) is 0 Å². The van der Waals surface area contributed by atoms with E-state index < -0.39 is 12.0 Å². The maximum Gasteiger partial charge on any atom is 0.279 e. The summed E-state index contributed by atoms with van der Waals surface area (Å²) in [7, 11) is 0. The van der Waals surface area contributed by atoms with E-state index in [9.17, 15) is 9.59 Å². The third-order valence-corrected chi connectivity index (χ3v) is 3.95. The lowest BCUT2D eigenvalue weighted by Crippen LogP contribution is -2.47. The van der Waals surface area contributed by atoms with Crippen molar-refractivity contribution >= 4 is 27.7 Å². The van der Waals surface area contributed by atoms with Gasteiger partial charge in [0.2, 0.25) is 0 Å². The van der Waals surface area contributed by atoms with Crippen molar-refractivity contribution in [2.75, 3.05) is 0 Å². The van der Waals surface area contributed by atoms with E-state index in [4.69, 9.17) is 4.74 Å². The Kier molecular flexibility index (Phi) is 6.37. The average Bonchev–Trinajstić information content (AvgIpc) is 2.61. The largest absolute Gasteiger partial charge is 0.481 e. The number of hydrogen-bond donors (Lipinski definition) is 2. The van der Waals surface area contributed by atoms with Crippen LogP contribution >= 0.6 is 15.9 Å². The van der Waals surface area contributed by atoms with E-state index in [2.05, 4.69) is 26.8 Å². The van der Waals surface area contributed by atoms with Crippen molar-refractivity contribution in [3.63, 3.8) is 0 Å². The number of aryl methyl sites for hydroxylation is 1. The van der Waals surface area contributed by atoms with Crippen molar-refractivity contribution in [2.24, 2.45) is 0 Å². The summed E-state index contributed by atoms with van der Waals surface area (Å²) < 4.78 is 6.44. The van der Waals surface area contributed by atoms with Crippen LogP contribution in [-0.2, 0) is 11.2 Å². The van der Waals surface area contributed by atoms with Crippen LogP contribution < -0.4 is 15.6 Å². The zero-order valence-electron chi connectivity index (χ0n) is 13.5. The molecule has 0 fully saturated rings. The predicted octanol–water partition coefficient (Wildman–Crippen LogP) is 3.24. The minimum atomic E-state index is -0.742. The first-order chi connectivity index (χ1) is 11.5. The molecule has 0 aliphatic carbocycles. The number of hydrogen-bond acceptors (Lipinski definition) is 3. The SMILES string of the molecule is CCc1ccc(C(=O)NNC(=O)C(C)Oc2ccc(Br)cc2)cc1. The maximum atomic E-state index is 12.0. The molecule has 0 heterocycles. The second kappa shape index (κ2) is 8.49. The molecule has 2 N–H and O–H groups in total. The van der Waals surface area contributed by atoms with Crippen molar-refractivity contribution in [3.8, 4) is 5.75 Å². The highest BCUT2D eigenvalue weighted by Gasteiger charge is 2.15. The Balaban J connectivity index is 1.84. The van der Waals surface area contributed by atoms with E-state index in [1.54, 1.807) is 31.2 Å². The highest BCUT2D eigenvalue weighted by Crippen LogP contribution is 2.17. The standard InChI is InChI=1S/C18H19BrN2O3/c1-3-13-4-6-14(7-5-13)18(23)21-20-17(22)12(2)24-16-10-8-15(19)9-11-16/h4-12H,3H2,1-2H3,(H,20,22)(H,21,23). The van der Waals surface area contributed by atoms with Crippen molar-refractivity contribution in [1.82, 2.24) is 10.9 Å². The summed E-state index contributed by atoms with van der Waals surface area (Å²) in [4.78, 5) is 24.0. The fourth-order valence-electron chi connectivity index (χ4n) is 1.95. The molecule has 0 aliphatic rings. The lowest BCUT2D eigenvalue weighted by atomic mass is 10.1. The van der Waals surface area contributed by atoms with Gasteiger partial charge in [0.15, 0.2) is 6.10 Å². The molecule has 126 valence electrons. The van der Waals surface area contributed by atoms with Gasteiger partial charge in [0.1, 0.15) is 5.75 Å². The first-order valence-corrected chi connectivity index (χ1v) is 8.40. The number of nitrogens with one attached hydrogen (secondary N) is 2. The molecule has 2 aromatic rings. The zero-order chi connectivity index (χ0) is 17.5. The van der Waals surface area contributed by atoms with Crippen molar-refractivity contribution in [2.45, 2.75) is 26.4 Å². The maximum absolute atomic E-state index is 12.0. The second-order valence-corrected chi connectivity index (χ2v) is 6.12. The van der Waals surface area contributed by atoms with E-state index in [-0.39, 0.29) is 5.91 Å². The number of hydrazine groups is 1. The molecule has 0 aliphatic heterocycles. The third kappa shape index (κ3) is 5.09. The summed E-state index contributed by atoms with van der Waals surface area (Å²) in [5.74, 6) is -0.236. The molecule has 2 aromatic carbocycles. The van der Waals surface area contributed by atoms with E-state index in [0.717, 1.165) is 16.5 Å². The van der Waals surface area contributed by atoms with E-state index in [0.29, 0.717) is 11.3 Å². The van der Waals surface area contributed by atoms with Crippen LogP contribution in [0.5, 0.6) is 5.75 Å². The summed E-state index contributed by atoms with van der Waals surface area (Å²) in [6, 6.07) is 14.4. The fourth-order valence-corrected chi connectivity index (χ4v) is 2.22. The summed E-state index contributed by atoms with van der Waals surface area (Å²) in [5, 5.41) is 0. The van der Waals surface area contributed by atoms with E-state index in [1.165, 1.54) is 0 Å². The molecule has 0 spiro atoms. The number of amides is 2. The molecule has 5 nitrogen and oxygen atoms in total. The second-order valence-electron chi connectivity index (χ2n) is 5.21. The van der Waals surface area contributed by atoms with Gasteiger partial charge in [-0.1, -0.05) is 35.0 Å². The summed E-state index contributed by atoms with van der Waals surface area (Å²) in [6.07, 6.45) is 0.165. The molecule has 1 atom stereocenters. The molecule has 0 saturated carbocycles. The monoisotopic (exact) mass is 390 g/mol. The van der Waals surface area contributed by atoms with Crippen LogP contribution in [0.25, 0.3) is 0 Å². The van der Waals surface area contributed by atoms with Crippen LogP contribution in [0.2, 0.25) is 0 Å². The normalized spacial score (nSPS) is 11.5. The molecule has 0 radical (unpaired) electrons. The topological polar surface area (TPSA) is 67.4 Å². The molecule has 0 bridgehead atoms. The molecule has 1 unspecified atom stereocenters. The molecular formula is C18H19BrN2O3. The molecule has 24 heavy (non-hydrogen) atoms. The highest BCUT2D eigenvalue weighted by molar-refractivity contribution is 9.10. The highest BCUT2D eigenvalue weighted by atomic mass is 79.9. The first-order valence-electron chi connectivity index (χ1n) is 7.61. The molecular weight excluding hydrogens is 372 g/mol. The van der Waals surface area contributed by atoms with Crippen LogP contribution in [0.1, 0.15) is 29.8 Å². The summed E-state index contributed by atoms with van der Waals surface area (Å²) in [5.41, 5.74) is 6.38. The fraction of sp³-hybridized carbons (Fsp3) is 0.222. The Morgan fingerprint density at radius 2 is 1.67 bits per heavy atom. The number of rotatable bonds is 5. The van der Waals surface area contributed by atoms with Gasteiger partial charge in [0.25, 0.3) is 11.8 Å². The smallest absolute Gasteiger partial charge is 0.279 e. The van der Waals surface area contributed by atoms with Gasteiger partial charge in [-0.15, -0.1) is 0 Å². The van der Waals surface area contributed by atoms with Crippen LogP contribution in [0.4, 0.5) is 0 Å². The van der Waals surface area contributed by atoms with Gasteiger partial charge in [-0.2, -0.15) is 0 Å². The first kappa shape index (κ1) is 18.0. The van der Waals surface area contributed by atoms with Gasteiger partial charge in [0, 0.05) is 10.0 Å². The van der Waals surface area contributed by atoms with Crippen LogP contribution in [0.15, 0.2) is 53.0 Å². The van der Waals surface area contributed by atoms with Crippen LogP contribution in [0, 0.1) is 0 Å². The lowest BCUT2D eigenvalue weighted by molar-refractivity contribution is -0.128. The van der Waals surface area contributed by atoms with Gasteiger partial charge < -0.3 is 4.74 Å². The molecule has 2 amide bonds. The van der Waals surface area contributed by atoms with Gasteiger partial charge in [-0.3, -0.25) is 20.4 Å². The number of benzene rings is 2. The van der Waals surface area contributed by atoms with Gasteiger partial charge in [-0.25, -0.2) is 0 Å². The minimum absolute atomic E-state index is 0.373. The van der Waals surface area contributed by atoms with Gasteiger partial charge in [-0.05, 0) is 55.3 Å². The Bertz CT molecular complexity index is 699. The Hall–Kier alpha value is -2.34. The Morgan fingerprint density at radius 3 is 2.25 bits per heavy atom. The van der Waals surface area contributed by atoms with Crippen molar-refractivity contribution in [3.05, 3.63) is 64.1 Å². The van der Waals surface area contributed by atoms with E-state index in [1.807, 2.05) is 31.2 Å². The minimum Gasteiger partial charge on any atom is -0.481 e. The number of carbonyl (C=O) groups excluding carboxylic acids is 2. The molecule has 0 saturated heterocycles. The average molecular weight is 391 g/mol. The number of halogens is 1. The molecule has 2 rings (SSSR count). The summed E-state index contributed by atoms with van der Waals surface area (Å²) >= 11 is 3.33. The van der Waals surface area contributed by atoms with Gasteiger partial charge >= 0.3 is 0 Å². The third-order valence-electron chi connectivity index (χ3n) is 3.42. The van der Waals surface area contributed by atoms with E-state index >= 15 is 0 Å². The summed E-state index contributed by atoms with van der Waals surface area (Å²) in [6.45, 7) is 3.65. The number of ether oxygens (including phenoxy) is 1. The molecule has 6 heteroatoms. The Morgan fingerprint density at radius 1 is 1.04 bits per heavy atom. The number of carbonyl (C=O) groups is 2. The molecule has 0 aromatic heterocycles. The Labute approximate surface area is 149 Å². The zero-order valence-corrected chi connectivity index (χ0v) is 15.1. The van der Waals surface area contributed by atoms with Gasteiger partial charge in [0.05, 0.1) is 0 Å². The van der Waals surface area contributed by atoms with Crippen molar-refractivity contribution in [1.29, 1.82) is 0 Å². The lowest BCUT2D eigenvalue weighted by Gasteiger charge is -2.15.